The van der Waals surface area contributed by atoms with Crippen molar-refractivity contribution in [3.63, 3.8) is 0 Å². The van der Waals surface area contributed by atoms with Crippen LogP contribution in [-0.4, -0.2) is 22.4 Å². The Hall–Kier alpha value is -1.38. The zero-order valence-corrected chi connectivity index (χ0v) is 12.4. The highest BCUT2D eigenvalue weighted by atomic mass is 16.3. The Morgan fingerprint density at radius 2 is 1.62 bits per heavy atom. The van der Waals surface area contributed by atoms with Crippen LogP contribution in [0.25, 0.3) is 10.8 Å². The Kier molecular flexibility index (Phi) is 4.57. The molecule has 2 heteroatoms. The summed E-state index contributed by atoms with van der Waals surface area (Å²) in [6.07, 6.45) is 5.00. The summed E-state index contributed by atoms with van der Waals surface area (Å²) in [4.78, 5) is 0. The van der Waals surface area contributed by atoms with Gasteiger partial charge in [-0.25, -0.2) is 0 Å². The summed E-state index contributed by atoms with van der Waals surface area (Å²) in [7, 11) is 0. The third-order valence-corrected chi connectivity index (χ3v) is 4.84. The van der Waals surface area contributed by atoms with Crippen molar-refractivity contribution in [2.45, 2.75) is 50.7 Å². The smallest absolute Gasteiger partial charge is 0.0842 e. The normalized spacial score (nSPS) is 19.5. The first kappa shape index (κ1) is 14.6. The van der Waals surface area contributed by atoms with Crippen LogP contribution >= 0.6 is 0 Å². The molecule has 2 aromatic carbocycles. The minimum absolute atomic E-state index is 0.267. The minimum Gasteiger partial charge on any atom is -0.390 e. The second-order valence-corrected chi connectivity index (χ2v) is 6.30. The van der Waals surface area contributed by atoms with Crippen LogP contribution < -0.4 is 0 Å². The maximum Gasteiger partial charge on any atom is 0.0842 e. The molecular weight excluding hydrogens is 260 g/mol. The van der Waals surface area contributed by atoms with Crippen LogP contribution in [0.1, 0.15) is 37.7 Å². The number of aliphatic hydroxyl groups is 2. The zero-order valence-electron chi connectivity index (χ0n) is 12.4. The lowest BCUT2D eigenvalue weighted by Gasteiger charge is -2.30. The summed E-state index contributed by atoms with van der Waals surface area (Å²) in [5, 5.41) is 23.2. The van der Waals surface area contributed by atoms with Gasteiger partial charge in [0.1, 0.15) is 0 Å². The fourth-order valence-corrected chi connectivity index (χ4v) is 3.61. The molecule has 0 heterocycles. The summed E-state index contributed by atoms with van der Waals surface area (Å²) in [6, 6.07) is 14.4. The summed E-state index contributed by atoms with van der Waals surface area (Å²) >= 11 is 0. The summed E-state index contributed by atoms with van der Waals surface area (Å²) < 4.78 is 0. The van der Waals surface area contributed by atoms with Gasteiger partial charge in [-0.15, -0.1) is 0 Å². The van der Waals surface area contributed by atoms with Crippen molar-refractivity contribution in [2.75, 3.05) is 0 Å². The molecule has 2 atom stereocenters. The Morgan fingerprint density at radius 3 is 2.43 bits per heavy atom. The average molecular weight is 284 g/mol. The van der Waals surface area contributed by atoms with Crippen molar-refractivity contribution < 1.29 is 10.2 Å². The van der Waals surface area contributed by atoms with Crippen LogP contribution in [0.2, 0.25) is 0 Å². The first-order valence-electron chi connectivity index (χ1n) is 8.08. The van der Waals surface area contributed by atoms with Crippen LogP contribution in [0.4, 0.5) is 0 Å². The van der Waals surface area contributed by atoms with E-state index in [1.54, 1.807) is 0 Å². The van der Waals surface area contributed by atoms with Crippen LogP contribution in [0.5, 0.6) is 0 Å². The van der Waals surface area contributed by atoms with E-state index in [2.05, 4.69) is 24.3 Å². The van der Waals surface area contributed by atoms with Gasteiger partial charge in [0.05, 0.1) is 12.2 Å². The van der Waals surface area contributed by atoms with Crippen molar-refractivity contribution in [1.82, 2.24) is 0 Å². The van der Waals surface area contributed by atoms with Gasteiger partial charge in [-0.05, 0) is 35.1 Å². The Morgan fingerprint density at radius 1 is 0.905 bits per heavy atom. The van der Waals surface area contributed by atoms with Crippen molar-refractivity contribution in [1.29, 1.82) is 0 Å². The van der Waals surface area contributed by atoms with E-state index in [4.69, 9.17) is 0 Å². The largest absolute Gasteiger partial charge is 0.390 e. The monoisotopic (exact) mass is 284 g/mol. The van der Waals surface area contributed by atoms with E-state index < -0.39 is 12.2 Å². The second kappa shape index (κ2) is 6.59. The fourth-order valence-electron chi connectivity index (χ4n) is 3.61. The molecule has 3 rings (SSSR count). The predicted octanol–water partition coefficient (Wildman–Crippen LogP) is 3.68. The van der Waals surface area contributed by atoms with Gasteiger partial charge in [-0.2, -0.15) is 0 Å². The van der Waals surface area contributed by atoms with Gasteiger partial charge in [-0.1, -0.05) is 61.7 Å². The Bertz CT molecular complexity index is 582. The van der Waals surface area contributed by atoms with Crippen LogP contribution in [0, 0.1) is 5.92 Å². The summed E-state index contributed by atoms with van der Waals surface area (Å²) in [5.74, 6) is 0.267. The number of aliphatic hydroxyl groups excluding tert-OH is 2. The Labute approximate surface area is 126 Å². The first-order valence-corrected chi connectivity index (χ1v) is 8.08. The van der Waals surface area contributed by atoms with E-state index in [0.717, 1.165) is 18.4 Å². The van der Waals surface area contributed by atoms with Crippen molar-refractivity contribution in [3.8, 4) is 0 Å². The number of rotatable bonds is 4. The molecule has 1 saturated carbocycles. The lowest BCUT2D eigenvalue weighted by Crippen LogP contribution is -2.36. The second-order valence-electron chi connectivity index (χ2n) is 6.30. The first-order chi connectivity index (χ1) is 10.3. The fraction of sp³-hybridized carbons (Fsp3) is 0.474. The van der Waals surface area contributed by atoms with E-state index in [9.17, 15) is 10.2 Å². The van der Waals surface area contributed by atoms with Crippen molar-refractivity contribution in [3.05, 3.63) is 48.0 Å². The van der Waals surface area contributed by atoms with E-state index in [0.29, 0.717) is 6.42 Å². The van der Waals surface area contributed by atoms with Crippen LogP contribution in [0.3, 0.4) is 0 Å². The molecule has 1 fully saturated rings. The van der Waals surface area contributed by atoms with Crippen LogP contribution in [0.15, 0.2) is 42.5 Å². The zero-order chi connectivity index (χ0) is 14.7. The van der Waals surface area contributed by atoms with Gasteiger partial charge < -0.3 is 10.2 Å². The molecule has 2 N–H and O–H groups in total. The van der Waals surface area contributed by atoms with E-state index >= 15 is 0 Å². The van der Waals surface area contributed by atoms with E-state index in [-0.39, 0.29) is 5.92 Å². The summed E-state index contributed by atoms with van der Waals surface area (Å²) in [6.45, 7) is 0. The lowest BCUT2D eigenvalue weighted by atomic mass is 9.82. The topological polar surface area (TPSA) is 40.5 Å². The number of benzene rings is 2. The molecule has 0 aromatic heterocycles. The standard InChI is InChI=1S/C19H24O2/c20-18(19(21)15-8-2-1-3-9-15)13-16-11-6-10-14-7-4-5-12-17(14)16/h4-7,10-12,15,18-21H,1-3,8-9,13H2. The molecule has 2 unspecified atom stereocenters. The SMILES string of the molecule is OC(Cc1cccc2ccccc12)C(O)C1CCCCC1. The molecule has 21 heavy (non-hydrogen) atoms. The number of fused-ring (bicyclic) bond motifs is 1. The van der Waals surface area contributed by atoms with Crippen molar-refractivity contribution >= 4 is 10.8 Å². The quantitative estimate of drug-likeness (QED) is 0.899. The summed E-state index contributed by atoms with van der Waals surface area (Å²) in [5.41, 5.74) is 1.12. The molecule has 112 valence electrons. The Balaban J connectivity index is 1.75. The molecule has 1 aliphatic rings. The van der Waals surface area contributed by atoms with E-state index in [1.807, 2.05) is 18.2 Å². The van der Waals surface area contributed by atoms with Gasteiger partial charge in [0.15, 0.2) is 0 Å². The molecule has 0 saturated heterocycles. The molecule has 2 aromatic rings. The lowest BCUT2D eigenvalue weighted by molar-refractivity contribution is -0.0262. The number of hydrogen-bond donors (Lipinski definition) is 2. The van der Waals surface area contributed by atoms with Gasteiger partial charge in [0.2, 0.25) is 0 Å². The third kappa shape index (κ3) is 3.28. The average Bonchev–Trinajstić information content (AvgIpc) is 2.55. The molecule has 1 aliphatic carbocycles. The minimum atomic E-state index is -0.668. The molecular formula is C19H24O2. The maximum absolute atomic E-state index is 10.4. The molecule has 0 radical (unpaired) electrons. The molecule has 0 amide bonds. The third-order valence-electron chi connectivity index (χ3n) is 4.84. The number of hydrogen-bond acceptors (Lipinski definition) is 2. The van der Waals surface area contributed by atoms with Crippen molar-refractivity contribution in [2.24, 2.45) is 5.92 Å². The van der Waals surface area contributed by atoms with Gasteiger partial charge in [0, 0.05) is 6.42 Å². The van der Waals surface area contributed by atoms with E-state index in [1.165, 1.54) is 30.0 Å². The van der Waals surface area contributed by atoms with Gasteiger partial charge >= 0.3 is 0 Å². The van der Waals surface area contributed by atoms with Gasteiger partial charge in [-0.3, -0.25) is 0 Å². The molecule has 0 bridgehead atoms. The van der Waals surface area contributed by atoms with Crippen LogP contribution in [-0.2, 0) is 6.42 Å². The highest BCUT2D eigenvalue weighted by Gasteiger charge is 2.27. The highest BCUT2D eigenvalue weighted by molar-refractivity contribution is 5.85. The molecule has 0 aliphatic heterocycles. The molecule has 2 nitrogen and oxygen atoms in total. The molecule has 0 spiro atoms. The highest BCUT2D eigenvalue weighted by Crippen LogP contribution is 2.29. The predicted molar refractivity (Wildman–Crippen MR) is 86.2 cm³/mol. The van der Waals surface area contributed by atoms with Gasteiger partial charge in [0.25, 0.3) is 0 Å². The maximum atomic E-state index is 10.4.